The number of aromatic nitrogens is 3. The molecule has 74 heavy (non-hydrogen) atoms. The van der Waals surface area contributed by atoms with Gasteiger partial charge in [-0.05, 0) is 98.8 Å². The van der Waals surface area contributed by atoms with E-state index in [4.69, 9.17) is 14.4 Å². The van der Waals surface area contributed by atoms with E-state index in [2.05, 4.69) is 258 Å². The summed E-state index contributed by atoms with van der Waals surface area (Å²) in [6, 6.07) is 95.9. The van der Waals surface area contributed by atoms with Crippen LogP contribution in [-0.2, 0) is 5.41 Å². The second-order valence-electron chi connectivity index (χ2n) is 19.2. The van der Waals surface area contributed by atoms with Crippen LogP contribution in [0.25, 0.3) is 94.1 Å². The summed E-state index contributed by atoms with van der Waals surface area (Å²) in [6.45, 7) is 0. The lowest BCUT2D eigenvalue weighted by Gasteiger charge is -2.34. The van der Waals surface area contributed by atoms with Gasteiger partial charge in [-0.2, -0.15) is 0 Å². The molecular weight excluding hydrogens is 901 g/mol. The van der Waals surface area contributed by atoms with Crippen LogP contribution in [0, 0.1) is 0 Å². The van der Waals surface area contributed by atoms with Gasteiger partial charge in [-0.25, -0.2) is 9.97 Å². The van der Waals surface area contributed by atoms with E-state index >= 15 is 0 Å². The molecule has 0 fully saturated rings. The van der Waals surface area contributed by atoms with Gasteiger partial charge < -0.3 is 9.32 Å². The Bertz CT molecular complexity index is 4390. The number of hydrogen-bond acceptors (Lipinski definition) is 4. The van der Waals surface area contributed by atoms with E-state index in [0.717, 1.165) is 88.7 Å². The molecule has 0 atom stereocenters. The Labute approximate surface area is 427 Å². The monoisotopic (exact) mass is 944 g/mol. The molecule has 3 heterocycles. The van der Waals surface area contributed by atoms with Crippen molar-refractivity contribution < 1.29 is 4.42 Å². The number of hydrogen-bond donors (Lipinski definition) is 0. The normalized spacial score (nSPS) is 12.7. The third-order valence-corrected chi connectivity index (χ3v) is 15.3. The molecule has 3 aromatic heterocycles. The fourth-order valence-corrected chi connectivity index (χ4v) is 12.1. The van der Waals surface area contributed by atoms with Crippen LogP contribution in [0.2, 0.25) is 0 Å². The number of fused-ring (bicyclic) bond motifs is 11. The predicted molar refractivity (Wildman–Crippen MR) is 304 cm³/mol. The molecule has 0 N–H and O–H groups in total. The largest absolute Gasteiger partial charge is 0.454 e. The summed E-state index contributed by atoms with van der Waals surface area (Å²) in [5, 5.41) is 6.51. The average molecular weight is 945 g/mol. The zero-order valence-electron chi connectivity index (χ0n) is 40.1. The van der Waals surface area contributed by atoms with Gasteiger partial charge in [0.05, 0.1) is 28.0 Å². The van der Waals surface area contributed by atoms with Crippen LogP contribution >= 0.6 is 0 Å². The number of anilines is 3. The Balaban J connectivity index is 1.04. The fraction of sp³-hybridized carbons (Fsp3) is 0.0145. The van der Waals surface area contributed by atoms with Crippen molar-refractivity contribution in [2.75, 3.05) is 4.90 Å². The number of rotatable bonds is 8. The Morgan fingerprint density at radius 1 is 0.405 bits per heavy atom. The lowest BCUT2D eigenvalue weighted by Crippen LogP contribution is -2.28. The predicted octanol–water partition coefficient (Wildman–Crippen LogP) is 17.8. The van der Waals surface area contributed by atoms with Crippen LogP contribution in [-0.4, -0.2) is 14.5 Å². The maximum absolute atomic E-state index is 6.99. The SMILES string of the molecule is c1ccc(-c2cc(-c3ccccc3)nc(-n3c4cccc(N(c5ccc6c(c5)-c5ccccc5C6(c5ccccc5)c5ccccc5)c5ccc6ccccc6c5)c4c4ccc5c6ccccc6oc5c43)n2)cc1. The molecule has 0 unspecified atom stereocenters. The summed E-state index contributed by atoms with van der Waals surface area (Å²) in [4.78, 5) is 13.4. The Morgan fingerprint density at radius 2 is 0.986 bits per heavy atom. The van der Waals surface area contributed by atoms with Gasteiger partial charge in [0.1, 0.15) is 11.1 Å². The van der Waals surface area contributed by atoms with Crippen LogP contribution in [0.1, 0.15) is 22.3 Å². The van der Waals surface area contributed by atoms with Crippen LogP contribution in [0.5, 0.6) is 0 Å². The van der Waals surface area contributed by atoms with E-state index in [1.165, 1.54) is 38.8 Å². The molecule has 0 saturated heterocycles. The molecule has 0 amide bonds. The van der Waals surface area contributed by atoms with Crippen molar-refractivity contribution in [3.05, 3.63) is 289 Å². The Morgan fingerprint density at radius 3 is 1.72 bits per heavy atom. The summed E-state index contributed by atoms with van der Waals surface area (Å²) < 4.78 is 9.23. The maximum atomic E-state index is 6.99. The van der Waals surface area contributed by atoms with E-state index in [9.17, 15) is 0 Å². The van der Waals surface area contributed by atoms with Crippen molar-refractivity contribution in [2.45, 2.75) is 5.41 Å². The van der Waals surface area contributed by atoms with Gasteiger partial charge in [0, 0.05) is 44.0 Å². The summed E-state index contributed by atoms with van der Waals surface area (Å²) in [6.07, 6.45) is 0. The minimum absolute atomic E-state index is 0.529. The highest BCUT2D eigenvalue weighted by Crippen LogP contribution is 2.57. The average Bonchev–Trinajstić information content (AvgIpc) is 4.14. The van der Waals surface area contributed by atoms with Crippen LogP contribution in [0.3, 0.4) is 0 Å². The van der Waals surface area contributed by atoms with Gasteiger partial charge in [-0.1, -0.05) is 212 Å². The summed E-state index contributed by atoms with van der Waals surface area (Å²) >= 11 is 0. The summed E-state index contributed by atoms with van der Waals surface area (Å²) in [7, 11) is 0. The lowest BCUT2D eigenvalue weighted by molar-refractivity contribution is 0.670. The first-order chi connectivity index (χ1) is 36.7. The van der Waals surface area contributed by atoms with Crippen molar-refractivity contribution in [3.63, 3.8) is 0 Å². The first kappa shape index (κ1) is 41.9. The number of furan rings is 1. The van der Waals surface area contributed by atoms with E-state index < -0.39 is 5.41 Å². The van der Waals surface area contributed by atoms with Crippen LogP contribution in [0.15, 0.2) is 271 Å². The highest BCUT2D eigenvalue weighted by Gasteiger charge is 2.46. The van der Waals surface area contributed by atoms with Gasteiger partial charge >= 0.3 is 0 Å². The van der Waals surface area contributed by atoms with E-state index in [-0.39, 0.29) is 0 Å². The van der Waals surface area contributed by atoms with Crippen molar-refractivity contribution in [1.29, 1.82) is 0 Å². The maximum Gasteiger partial charge on any atom is 0.235 e. The van der Waals surface area contributed by atoms with Gasteiger partial charge in [0.15, 0.2) is 5.58 Å². The molecule has 346 valence electrons. The minimum atomic E-state index is -0.529. The number of para-hydroxylation sites is 1. The molecular formula is C69H44N4O. The topological polar surface area (TPSA) is 47.1 Å². The van der Waals surface area contributed by atoms with E-state index in [1.807, 2.05) is 18.2 Å². The molecule has 0 bridgehead atoms. The third-order valence-electron chi connectivity index (χ3n) is 15.3. The molecule has 1 aliphatic rings. The molecule has 11 aromatic carbocycles. The lowest BCUT2D eigenvalue weighted by atomic mass is 9.68. The molecule has 1 aliphatic carbocycles. The van der Waals surface area contributed by atoms with Gasteiger partial charge in [-0.3, -0.25) is 4.57 Å². The molecule has 0 radical (unpaired) electrons. The number of nitrogens with zero attached hydrogens (tertiary/aromatic N) is 4. The first-order valence-electron chi connectivity index (χ1n) is 25.2. The summed E-state index contributed by atoms with van der Waals surface area (Å²) in [5.74, 6) is 0.555. The van der Waals surface area contributed by atoms with Crippen molar-refractivity contribution >= 4 is 71.6 Å². The van der Waals surface area contributed by atoms with E-state index in [0.29, 0.717) is 5.95 Å². The minimum Gasteiger partial charge on any atom is -0.454 e. The third kappa shape index (κ3) is 6.30. The van der Waals surface area contributed by atoms with E-state index in [1.54, 1.807) is 0 Å². The first-order valence-corrected chi connectivity index (χ1v) is 25.2. The smallest absolute Gasteiger partial charge is 0.235 e. The molecule has 5 nitrogen and oxygen atoms in total. The highest BCUT2D eigenvalue weighted by atomic mass is 16.3. The summed E-state index contributed by atoms with van der Waals surface area (Å²) in [5.41, 5.74) is 17.1. The Hall–Kier alpha value is -9.84. The highest BCUT2D eigenvalue weighted by molar-refractivity contribution is 6.24. The van der Waals surface area contributed by atoms with Crippen LogP contribution in [0.4, 0.5) is 17.1 Å². The number of benzene rings is 11. The molecule has 0 spiro atoms. The molecule has 0 saturated carbocycles. The quantitative estimate of drug-likeness (QED) is 0.152. The Kier molecular flexibility index (Phi) is 9.41. The fourth-order valence-electron chi connectivity index (χ4n) is 12.1. The second-order valence-corrected chi connectivity index (χ2v) is 19.2. The van der Waals surface area contributed by atoms with Crippen LogP contribution < -0.4 is 4.90 Å². The second kappa shape index (κ2) is 16.6. The van der Waals surface area contributed by atoms with Gasteiger partial charge in [0.25, 0.3) is 0 Å². The van der Waals surface area contributed by atoms with Crippen molar-refractivity contribution in [2.24, 2.45) is 0 Å². The molecule has 14 aromatic rings. The molecule has 5 heteroatoms. The van der Waals surface area contributed by atoms with Crippen molar-refractivity contribution in [3.8, 4) is 39.6 Å². The zero-order valence-corrected chi connectivity index (χ0v) is 40.1. The van der Waals surface area contributed by atoms with Gasteiger partial charge in [0.2, 0.25) is 5.95 Å². The molecule has 15 rings (SSSR count). The zero-order chi connectivity index (χ0) is 48.7. The standard InChI is InChI=1S/C69H44N4O/c1-5-21-46(22-6-1)60-44-61(47-23-7-2-8-24-47)71-68(70-60)73-63-34-19-33-62(65(63)56-40-39-55-54-31-16-18-35-64(54)74-67(55)66(56)73)72(51-37-36-45-20-13-14-25-48(45)42-51)52-38-41-59-57(43-52)53-30-15-17-32-58(53)69(59,49-26-9-3-10-27-49)50-28-11-4-12-29-50/h1-44H. The molecule has 0 aliphatic heterocycles. The van der Waals surface area contributed by atoms with Crippen molar-refractivity contribution in [1.82, 2.24) is 14.5 Å². The van der Waals surface area contributed by atoms with Gasteiger partial charge in [-0.15, -0.1) is 0 Å².